The quantitative estimate of drug-likeness (QED) is 0.423. The summed E-state index contributed by atoms with van der Waals surface area (Å²) in [4.78, 5) is 43.1. The van der Waals surface area contributed by atoms with Gasteiger partial charge in [0.25, 0.3) is 0 Å². The monoisotopic (exact) mass is 184 g/mol. The fourth-order valence-electron chi connectivity index (χ4n) is 1.14. The molecule has 1 fully saturated rings. The molecule has 0 aromatic rings. The van der Waals surface area contributed by atoms with Crippen LogP contribution < -0.4 is 5.32 Å². The van der Waals surface area contributed by atoms with Gasteiger partial charge < -0.3 is 0 Å². The van der Waals surface area contributed by atoms with Gasteiger partial charge in [-0.2, -0.15) is 0 Å². The van der Waals surface area contributed by atoms with Gasteiger partial charge in [-0.15, -0.1) is 0 Å². The number of carbonyl (C=O) groups is 4. The van der Waals surface area contributed by atoms with Crippen molar-refractivity contribution in [3.05, 3.63) is 0 Å². The van der Waals surface area contributed by atoms with Crippen molar-refractivity contribution in [1.29, 1.82) is 0 Å². The number of amides is 4. The molecule has 1 rings (SSSR count). The normalized spacial score (nSPS) is 22.0. The maximum atomic E-state index is 11.1. The van der Waals surface area contributed by atoms with Crippen LogP contribution in [0.5, 0.6) is 0 Å². The number of carbonyl (C=O) groups excluding carboxylic acids is 4. The number of hydrogen-bond donors (Lipinski definition) is 1. The molecule has 0 aromatic heterocycles. The van der Waals surface area contributed by atoms with E-state index in [2.05, 4.69) is 0 Å². The minimum absolute atomic E-state index is 0.147. The lowest BCUT2D eigenvalue weighted by Crippen LogP contribution is -2.51. The lowest BCUT2D eigenvalue weighted by molar-refractivity contribution is -0.145. The molecule has 6 nitrogen and oxygen atoms in total. The fraction of sp³-hybridized carbons (Fsp3) is 0.429. The first-order chi connectivity index (χ1) is 6.19. The summed E-state index contributed by atoms with van der Waals surface area (Å²) in [5.74, 6) is -0.978. The predicted molar refractivity (Wildman–Crippen MR) is 40.1 cm³/mol. The lowest BCUT2D eigenvalue weighted by Gasteiger charge is -2.25. The number of nitrogens with zero attached hydrogens (tertiary/aromatic N) is 1. The van der Waals surface area contributed by atoms with Crippen LogP contribution in [0.25, 0.3) is 0 Å². The van der Waals surface area contributed by atoms with Crippen LogP contribution in [0.1, 0.15) is 12.8 Å². The molecule has 4 amide bonds. The van der Waals surface area contributed by atoms with Gasteiger partial charge in [0.05, 0.1) is 0 Å². The van der Waals surface area contributed by atoms with E-state index >= 15 is 0 Å². The van der Waals surface area contributed by atoms with Gasteiger partial charge in [0, 0.05) is 6.42 Å². The third kappa shape index (κ3) is 1.90. The van der Waals surface area contributed by atoms with Crippen LogP contribution in [0.4, 0.5) is 0 Å². The molecular weight excluding hydrogens is 176 g/mol. The van der Waals surface area contributed by atoms with E-state index in [1.165, 1.54) is 0 Å². The number of piperidine rings is 1. The first-order valence-corrected chi connectivity index (χ1v) is 3.70. The molecule has 0 saturated carbocycles. The van der Waals surface area contributed by atoms with Crippen molar-refractivity contribution in [3.8, 4) is 0 Å². The zero-order valence-corrected chi connectivity index (χ0v) is 6.73. The van der Waals surface area contributed by atoms with Crippen molar-refractivity contribution in [2.45, 2.75) is 18.9 Å². The summed E-state index contributed by atoms with van der Waals surface area (Å²) in [7, 11) is 0. The zero-order chi connectivity index (χ0) is 9.84. The molecule has 1 N–H and O–H groups in total. The van der Waals surface area contributed by atoms with E-state index in [0.29, 0.717) is 4.90 Å². The van der Waals surface area contributed by atoms with Crippen molar-refractivity contribution in [3.63, 3.8) is 0 Å². The van der Waals surface area contributed by atoms with Gasteiger partial charge in [-0.3, -0.25) is 29.4 Å². The molecule has 0 radical (unpaired) electrons. The molecule has 0 aliphatic carbocycles. The molecule has 13 heavy (non-hydrogen) atoms. The molecule has 6 heteroatoms. The molecule has 1 unspecified atom stereocenters. The maximum Gasteiger partial charge on any atom is 0.249 e. The Labute approximate surface area is 73.9 Å². The molecule has 1 heterocycles. The topological polar surface area (TPSA) is 83.6 Å². The number of nitrogens with one attached hydrogen (secondary N) is 1. The highest BCUT2D eigenvalue weighted by molar-refractivity contribution is 6.01. The van der Waals surface area contributed by atoms with E-state index in [-0.39, 0.29) is 31.6 Å². The molecule has 0 aromatic carbocycles. The summed E-state index contributed by atoms with van der Waals surface area (Å²) in [5, 5.41) is 2.04. The minimum Gasteiger partial charge on any atom is -0.295 e. The van der Waals surface area contributed by atoms with E-state index in [0.717, 1.165) is 0 Å². The molecule has 70 valence electrons. The second kappa shape index (κ2) is 3.79. The number of imide groups is 2. The summed E-state index contributed by atoms with van der Waals surface area (Å²) in [6.07, 6.45) is 0.886. The van der Waals surface area contributed by atoms with Crippen molar-refractivity contribution < 1.29 is 19.2 Å². The molecular formula is C7H8N2O4. The number of rotatable bonds is 3. The van der Waals surface area contributed by atoms with Crippen LogP contribution in [-0.2, 0) is 19.2 Å². The van der Waals surface area contributed by atoms with Gasteiger partial charge in [0.2, 0.25) is 24.6 Å². The average Bonchev–Trinajstić information content (AvgIpc) is 2.10. The Morgan fingerprint density at radius 3 is 2.38 bits per heavy atom. The highest BCUT2D eigenvalue weighted by Gasteiger charge is 2.30. The highest BCUT2D eigenvalue weighted by atomic mass is 16.2. The first kappa shape index (κ1) is 9.37. The first-order valence-electron chi connectivity index (χ1n) is 3.70. The van der Waals surface area contributed by atoms with Gasteiger partial charge in [-0.1, -0.05) is 0 Å². The van der Waals surface area contributed by atoms with Crippen LogP contribution in [0, 0.1) is 0 Å². The Morgan fingerprint density at radius 2 is 1.92 bits per heavy atom. The summed E-state index contributed by atoms with van der Waals surface area (Å²) in [6.45, 7) is 0. The predicted octanol–water partition coefficient (Wildman–Crippen LogP) is -1.59. The molecule has 1 atom stereocenters. The zero-order valence-electron chi connectivity index (χ0n) is 6.73. The van der Waals surface area contributed by atoms with Gasteiger partial charge >= 0.3 is 0 Å². The molecule has 0 spiro atoms. The van der Waals surface area contributed by atoms with E-state index in [4.69, 9.17) is 0 Å². The summed E-state index contributed by atoms with van der Waals surface area (Å²) in [6, 6.07) is -0.840. The maximum absolute atomic E-state index is 11.1. The highest BCUT2D eigenvalue weighted by Crippen LogP contribution is 2.08. The van der Waals surface area contributed by atoms with Crippen LogP contribution in [0.3, 0.4) is 0 Å². The number of hydrogen-bond acceptors (Lipinski definition) is 4. The lowest BCUT2D eigenvalue weighted by atomic mass is 10.1. The summed E-state index contributed by atoms with van der Waals surface area (Å²) >= 11 is 0. The second-order valence-corrected chi connectivity index (χ2v) is 2.62. The Bertz CT molecular complexity index is 255. The van der Waals surface area contributed by atoms with Crippen molar-refractivity contribution in [1.82, 2.24) is 10.2 Å². The van der Waals surface area contributed by atoms with Gasteiger partial charge in [-0.25, -0.2) is 0 Å². The van der Waals surface area contributed by atoms with Gasteiger partial charge in [0.15, 0.2) is 0 Å². The molecule has 1 saturated heterocycles. The van der Waals surface area contributed by atoms with Gasteiger partial charge in [-0.05, 0) is 6.42 Å². The van der Waals surface area contributed by atoms with E-state index in [1.54, 1.807) is 0 Å². The molecule has 1 aliphatic rings. The summed E-state index contributed by atoms with van der Waals surface area (Å²) in [5.41, 5.74) is 0. The van der Waals surface area contributed by atoms with Crippen LogP contribution in [-0.4, -0.2) is 35.6 Å². The Kier molecular flexibility index (Phi) is 2.73. The van der Waals surface area contributed by atoms with E-state index in [9.17, 15) is 19.2 Å². The Morgan fingerprint density at radius 1 is 1.31 bits per heavy atom. The Balaban J connectivity index is 2.69. The summed E-state index contributed by atoms with van der Waals surface area (Å²) < 4.78 is 0. The van der Waals surface area contributed by atoms with Crippen molar-refractivity contribution >= 4 is 24.6 Å². The smallest absolute Gasteiger partial charge is 0.249 e. The van der Waals surface area contributed by atoms with E-state index in [1.807, 2.05) is 5.32 Å². The second-order valence-electron chi connectivity index (χ2n) is 2.62. The molecule has 1 aliphatic heterocycles. The third-order valence-electron chi connectivity index (χ3n) is 1.81. The Hall–Kier alpha value is -1.72. The SMILES string of the molecule is O=CN(C=O)C1CCC(=O)NC1=O. The fourth-order valence-corrected chi connectivity index (χ4v) is 1.14. The van der Waals surface area contributed by atoms with Crippen LogP contribution >= 0.6 is 0 Å². The van der Waals surface area contributed by atoms with Crippen molar-refractivity contribution in [2.24, 2.45) is 0 Å². The molecule has 0 bridgehead atoms. The van der Waals surface area contributed by atoms with Crippen LogP contribution in [0.2, 0.25) is 0 Å². The third-order valence-corrected chi connectivity index (χ3v) is 1.81. The van der Waals surface area contributed by atoms with Crippen LogP contribution in [0.15, 0.2) is 0 Å². The minimum atomic E-state index is -0.840. The van der Waals surface area contributed by atoms with Crippen molar-refractivity contribution in [2.75, 3.05) is 0 Å². The van der Waals surface area contributed by atoms with Gasteiger partial charge in [0.1, 0.15) is 6.04 Å². The standard InChI is InChI=1S/C7H8N2O4/c10-3-9(4-11)5-1-2-6(12)8-7(5)13/h3-5H,1-2H2,(H,8,12,13). The van der Waals surface area contributed by atoms with E-state index < -0.39 is 11.9 Å². The largest absolute Gasteiger partial charge is 0.295 e. The average molecular weight is 184 g/mol.